The second kappa shape index (κ2) is 6.27. The highest BCUT2D eigenvalue weighted by atomic mass is 16.5. The molecule has 1 amide bonds. The van der Waals surface area contributed by atoms with Crippen LogP contribution in [0.3, 0.4) is 0 Å². The van der Waals surface area contributed by atoms with E-state index in [-0.39, 0.29) is 5.91 Å². The van der Waals surface area contributed by atoms with Crippen LogP contribution in [0.4, 0.5) is 0 Å². The second-order valence-corrected chi connectivity index (χ2v) is 5.56. The fourth-order valence-electron chi connectivity index (χ4n) is 2.77. The van der Waals surface area contributed by atoms with Crippen LogP contribution in [0, 0.1) is 13.8 Å². The Bertz CT molecular complexity index is 470. The van der Waals surface area contributed by atoms with Gasteiger partial charge in [-0.1, -0.05) is 12.1 Å². The highest BCUT2D eigenvalue weighted by molar-refractivity contribution is 5.81. The number of hydrogen-bond acceptors (Lipinski definition) is 3. The molecule has 0 spiro atoms. The number of rotatable bonds is 4. The number of hydrogen-bond donors (Lipinski definition) is 1. The van der Waals surface area contributed by atoms with Gasteiger partial charge in [-0.25, -0.2) is 0 Å². The summed E-state index contributed by atoms with van der Waals surface area (Å²) in [6, 6.07) is 4.05. The van der Waals surface area contributed by atoms with Crippen molar-refractivity contribution in [3.05, 3.63) is 28.8 Å². The fraction of sp³-hybridized carbons (Fsp3) is 0.562. The normalized spacial score (nSPS) is 16.3. The van der Waals surface area contributed by atoms with E-state index in [1.807, 2.05) is 37.8 Å². The lowest BCUT2D eigenvalue weighted by Crippen LogP contribution is -2.38. The Morgan fingerprint density at radius 1 is 1.30 bits per heavy atom. The van der Waals surface area contributed by atoms with E-state index in [1.54, 1.807) is 0 Å². The molecule has 1 aliphatic heterocycles. The molecule has 1 unspecified atom stereocenters. The lowest BCUT2D eigenvalue weighted by Gasteiger charge is -2.23. The molecule has 1 fully saturated rings. The van der Waals surface area contributed by atoms with Crippen LogP contribution in [-0.2, 0) is 11.3 Å². The quantitative estimate of drug-likeness (QED) is 0.916. The topological polar surface area (TPSA) is 55.6 Å². The summed E-state index contributed by atoms with van der Waals surface area (Å²) in [5, 5.41) is 0. The van der Waals surface area contributed by atoms with E-state index in [2.05, 4.69) is 0 Å². The minimum absolute atomic E-state index is 0.0872. The number of nitrogens with zero attached hydrogens (tertiary/aromatic N) is 1. The van der Waals surface area contributed by atoms with Crippen LogP contribution in [0.5, 0.6) is 5.75 Å². The summed E-state index contributed by atoms with van der Waals surface area (Å²) in [4.78, 5) is 14.2. The van der Waals surface area contributed by atoms with Crippen LogP contribution in [0.25, 0.3) is 0 Å². The number of aryl methyl sites for hydroxylation is 2. The summed E-state index contributed by atoms with van der Waals surface area (Å²) in [6.45, 7) is 8.05. The van der Waals surface area contributed by atoms with E-state index in [1.165, 1.54) is 0 Å². The molecule has 1 aliphatic rings. The van der Waals surface area contributed by atoms with Crippen molar-refractivity contribution in [3.63, 3.8) is 0 Å². The first-order valence-corrected chi connectivity index (χ1v) is 7.28. The zero-order valence-corrected chi connectivity index (χ0v) is 12.6. The van der Waals surface area contributed by atoms with E-state index >= 15 is 0 Å². The van der Waals surface area contributed by atoms with Crippen molar-refractivity contribution in [2.45, 2.75) is 46.3 Å². The standard InChI is InChI=1S/C16H24N2O2/c1-11-8-14(10-17)9-12(2)15(11)20-13(3)16(19)18-6-4-5-7-18/h8-9,13H,4-7,10,17H2,1-3H3. The molecule has 20 heavy (non-hydrogen) atoms. The van der Waals surface area contributed by atoms with Gasteiger partial charge in [-0.15, -0.1) is 0 Å². The van der Waals surface area contributed by atoms with Gasteiger partial charge in [-0.2, -0.15) is 0 Å². The monoisotopic (exact) mass is 276 g/mol. The van der Waals surface area contributed by atoms with Gasteiger partial charge in [0.2, 0.25) is 0 Å². The summed E-state index contributed by atoms with van der Waals surface area (Å²) in [7, 11) is 0. The predicted molar refractivity (Wildman–Crippen MR) is 79.7 cm³/mol. The van der Waals surface area contributed by atoms with E-state index in [4.69, 9.17) is 10.5 Å². The summed E-state index contributed by atoms with van der Waals surface area (Å²) in [6.07, 6.45) is 1.76. The van der Waals surface area contributed by atoms with Gasteiger partial charge in [0.25, 0.3) is 5.91 Å². The van der Waals surface area contributed by atoms with Crippen LogP contribution >= 0.6 is 0 Å². The van der Waals surface area contributed by atoms with Crippen molar-refractivity contribution in [1.82, 2.24) is 4.90 Å². The average Bonchev–Trinajstić information content (AvgIpc) is 2.95. The molecule has 4 nitrogen and oxygen atoms in total. The Balaban J connectivity index is 2.11. The first-order valence-electron chi connectivity index (χ1n) is 7.28. The summed E-state index contributed by atoms with van der Waals surface area (Å²) >= 11 is 0. The van der Waals surface area contributed by atoms with Crippen LogP contribution < -0.4 is 10.5 Å². The largest absolute Gasteiger partial charge is 0.480 e. The predicted octanol–water partition coefficient (Wildman–Crippen LogP) is 2.15. The van der Waals surface area contributed by atoms with E-state index < -0.39 is 6.10 Å². The SMILES string of the molecule is Cc1cc(CN)cc(C)c1OC(C)C(=O)N1CCCC1. The number of ether oxygens (including phenoxy) is 1. The number of benzene rings is 1. The van der Waals surface area contributed by atoms with E-state index in [9.17, 15) is 4.79 Å². The first-order chi connectivity index (χ1) is 9.52. The summed E-state index contributed by atoms with van der Waals surface area (Å²) in [5.41, 5.74) is 8.82. The van der Waals surface area contributed by atoms with Gasteiger partial charge in [0.1, 0.15) is 5.75 Å². The van der Waals surface area contributed by atoms with Gasteiger partial charge in [0.15, 0.2) is 6.10 Å². The first kappa shape index (κ1) is 14.9. The smallest absolute Gasteiger partial charge is 0.263 e. The zero-order chi connectivity index (χ0) is 14.7. The molecule has 0 aliphatic carbocycles. The molecule has 2 N–H and O–H groups in total. The Kier molecular flexibility index (Phi) is 4.65. The molecule has 1 heterocycles. The minimum Gasteiger partial charge on any atom is -0.480 e. The third-order valence-corrected chi connectivity index (χ3v) is 3.82. The molecular weight excluding hydrogens is 252 g/mol. The third kappa shape index (κ3) is 3.12. The Morgan fingerprint density at radius 3 is 2.35 bits per heavy atom. The average molecular weight is 276 g/mol. The maximum Gasteiger partial charge on any atom is 0.263 e. The van der Waals surface area contributed by atoms with Crippen LogP contribution in [0.2, 0.25) is 0 Å². The molecule has 0 saturated carbocycles. The van der Waals surface area contributed by atoms with Gasteiger partial charge in [-0.3, -0.25) is 4.79 Å². The van der Waals surface area contributed by atoms with Gasteiger partial charge in [0, 0.05) is 19.6 Å². The van der Waals surface area contributed by atoms with Crippen molar-refractivity contribution in [2.24, 2.45) is 5.73 Å². The number of likely N-dealkylation sites (tertiary alicyclic amines) is 1. The highest BCUT2D eigenvalue weighted by Gasteiger charge is 2.25. The Morgan fingerprint density at radius 2 is 1.85 bits per heavy atom. The molecule has 1 saturated heterocycles. The van der Waals surface area contributed by atoms with Gasteiger partial charge in [0.05, 0.1) is 0 Å². The van der Waals surface area contributed by atoms with Gasteiger partial charge < -0.3 is 15.4 Å². The third-order valence-electron chi connectivity index (χ3n) is 3.82. The minimum atomic E-state index is -0.436. The second-order valence-electron chi connectivity index (χ2n) is 5.56. The van der Waals surface area contributed by atoms with Crippen LogP contribution in [0.15, 0.2) is 12.1 Å². The van der Waals surface area contributed by atoms with E-state index in [0.717, 1.165) is 48.4 Å². The number of amides is 1. The molecule has 0 aromatic heterocycles. The van der Waals surface area contributed by atoms with Crippen LogP contribution in [-0.4, -0.2) is 30.0 Å². The van der Waals surface area contributed by atoms with Crippen molar-refractivity contribution in [1.29, 1.82) is 0 Å². The van der Waals surface area contributed by atoms with E-state index in [0.29, 0.717) is 6.54 Å². The van der Waals surface area contributed by atoms with Crippen LogP contribution in [0.1, 0.15) is 36.5 Å². The molecule has 0 bridgehead atoms. The molecule has 0 radical (unpaired) electrons. The van der Waals surface area contributed by atoms with Crippen molar-refractivity contribution < 1.29 is 9.53 Å². The molecular formula is C16H24N2O2. The van der Waals surface area contributed by atoms with Crippen molar-refractivity contribution in [3.8, 4) is 5.75 Å². The number of carbonyl (C=O) groups is 1. The highest BCUT2D eigenvalue weighted by Crippen LogP contribution is 2.26. The molecule has 1 aromatic rings. The maximum atomic E-state index is 12.3. The fourth-order valence-corrected chi connectivity index (χ4v) is 2.77. The molecule has 1 atom stereocenters. The molecule has 2 rings (SSSR count). The van der Waals surface area contributed by atoms with Crippen molar-refractivity contribution >= 4 is 5.91 Å². The lowest BCUT2D eigenvalue weighted by atomic mass is 10.1. The van der Waals surface area contributed by atoms with Gasteiger partial charge >= 0.3 is 0 Å². The Hall–Kier alpha value is -1.55. The number of nitrogens with two attached hydrogens (primary N) is 1. The summed E-state index contributed by atoms with van der Waals surface area (Å²) in [5.74, 6) is 0.895. The van der Waals surface area contributed by atoms with Crippen molar-refractivity contribution in [2.75, 3.05) is 13.1 Å². The van der Waals surface area contributed by atoms with Gasteiger partial charge in [-0.05, 0) is 50.3 Å². The molecule has 110 valence electrons. The maximum absolute atomic E-state index is 12.3. The molecule has 4 heteroatoms. The number of carbonyl (C=O) groups excluding carboxylic acids is 1. The Labute approximate surface area is 120 Å². The molecule has 1 aromatic carbocycles. The zero-order valence-electron chi connectivity index (χ0n) is 12.6. The lowest BCUT2D eigenvalue weighted by molar-refractivity contribution is -0.136. The summed E-state index contributed by atoms with van der Waals surface area (Å²) < 4.78 is 5.92.